The van der Waals surface area contributed by atoms with Crippen molar-refractivity contribution >= 4 is 11.7 Å². The van der Waals surface area contributed by atoms with Gasteiger partial charge in [0, 0.05) is 18.3 Å². The number of carboxylic acid groups (broad SMARTS) is 1. The van der Waals surface area contributed by atoms with Crippen molar-refractivity contribution in [2.24, 2.45) is 0 Å². The first-order chi connectivity index (χ1) is 8.43. The number of benzene rings is 1. The highest BCUT2D eigenvalue weighted by Crippen LogP contribution is 2.30. The van der Waals surface area contributed by atoms with Crippen LogP contribution in [-0.4, -0.2) is 41.1 Å². The summed E-state index contributed by atoms with van der Waals surface area (Å²) >= 11 is 0. The lowest BCUT2D eigenvalue weighted by Crippen LogP contribution is -2.48. The van der Waals surface area contributed by atoms with E-state index < -0.39 is 11.5 Å². The molecule has 18 heavy (non-hydrogen) atoms. The van der Waals surface area contributed by atoms with Crippen LogP contribution in [0.1, 0.15) is 18.9 Å². The quantitative estimate of drug-likeness (QED) is 0.858. The van der Waals surface area contributed by atoms with E-state index in [1.54, 1.807) is 0 Å². The minimum absolute atomic E-state index is 0.276. The standard InChI is InChI=1S/C14H20N2O2/c1-10-5-4-6-12(7-10)15-14(13(17)18)8-11(2)16(3)9-14/h4-7,11,15H,8-9H2,1-3H3,(H,17,18). The third-order valence-electron chi connectivity index (χ3n) is 3.73. The van der Waals surface area contributed by atoms with Crippen molar-refractivity contribution < 1.29 is 9.90 Å². The number of aryl methyl sites for hydroxylation is 1. The average molecular weight is 248 g/mol. The summed E-state index contributed by atoms with van der Waals surface area (Å²) in [6, 6.07) is 8.12. The molecule has 98 valence electrons. The van der Waals surface area contributed by atoms with E-state index >= 15 is 0 Å². The Morgan fingerprint density at radius 1 is 1.56 bits per heavy atom. The second-order valence-corrected chi connectivity index (χ2v) is 5.35. The molecule has 4 nitrogen and oxygen atoms in total. The van der Waals surface area contributed by atoms with Crippen LogP contribution in [0.4, 0.5) is 5.69 Å². The van der Waals surface area contributed by atoms with E-state index in [0.717, 1.165) is 11.3 Å². The van der Waals surface area contributed by atoms with Crippen LogP contribution in [0.5, 0.6) is 0 Å². The highest BCUT2D eigenvalue weighted by atomic mass is 16.4. The number of hydrogen-bond donors (Lipinski definition) is 2. The Labute approximate surface area is 108 Å². The summed E-state index contributed by atoms with van der Waals surface area (Å²) in [7, 11) is 1.97. The molecule has 0 aliphatic carbocycles. The Balaban J connectivity index is 2.25. The van der Waals surface area contributed by atoms with Crippen LogP contribution < -0.4 is 5.32 Å². The van der Waals surface area contributed by atoms with Crippen LogP contribution >= 0.6 is 0 Å². The van der Waals surface area contributed by atoms with E-state index in [2.05, 4.69) is 17.1 Å². The van der Waals surface area contributed by atoms with Crippen molar-refractivity contribution in [3.63, 3.8) is 0 Å². The van der Waals surface area contributed by atoms with Gasteiger partial charge in [0.2, 0.25) is 0 Å². The Bertz CT molecular complexity index is 449. The molecule has 2 N–H and O–H groups in total. The van der Waals surface area contributed by atoms with Crippen LogP contribution in [0.15, 0.2) is 24.3 Å². The van der Waals surface area contributed by atoms with E-state index in [-0.39, 0.29) is 6.04 Å². The molecule has 0 amide bonds. The predicted octanol–water partition coefficient (Wildman–Crippen LogP) is 1.95. The number of aliphatic carboxylic acids is 1. The third-order valence-corrected chi connectivity index (χ3v) is 3.73. The number of carbonyl (C=O) groups is 1. The van der Waals surface area contributed by atoms with Gasteiger partial charge < -0.3 is 15.3 Å². The molecule has 0 saturated carbocycles. The summed E-state index contributed by atoms with van der Waals surface area (Å²) in [4.78, 5) is 13.7. The van der Waals surface area contributed by atoms with Crippen molar-refractivity contribution in [2.75, 3.05) is 18.9 Å². The molecular weight excluding hydrogens is 228 g/mol. The van der Waals surface area contributed by atoms with Crippen molar-refractivity contribution in [1.29, 1.82) is 0 Å². The lowest BCUT2D eigenvalue weighted by atomic mass is 9.95. The molecule has 2 unspecified atom stereocenters. The summed E-state index contributed by atoms with van der Waals surface area (Å²) in [6.07, 6.45) is 0.618. The first kappa shape index (κ1) is 12.9. The molecule has 4 heteroatoms. The zero-order valence-corrected chi connectivity index (χ0v) is 11.1. The number of rotatable bonds is 3. The van der Waals surface area contributed by atoms with Crippen LogP contribution in [-0.2, 0) is 4.79 Å². The first-order valence-electron chi connectivity index (χ1n) is 6.21. The van der Waals surface area contributed by atoms with Crippen molar-refractivity contribution in [3.8, 4) is 0 Å². The zero-order chi connectivity index (χ0) is 13.3. The largest absolute Gasteiger partial charge is 0.479 e. The van der Waals surface area contributed by atoms with Gasteiger partial charge >= 0.3 is 5.97 Å². The molecule has 0 spiro atoms. The summed E-state index contributed by atoms with van der Waals surface area (Å²) in [5.74, 6) is -0.778. The molecule has 1 heterocycles. The second kappa shape index (κ2) is 4.61. The number of carboxylic acids is 1. The van der Waals surface area contributed by atoms with E-state index in [1.165, 1.54) is 0 Å². The Morgan fingerprint density at radius 2 is 2.28 bits per heavy atom. The number of likely N-dealkylation sites (tertiary alicyclic amines) is 1. The van der Waals surface area contributed by atoms with Gasteiger partial charge in [-0.05, 0) is 45.0 Å². The monoisotopic (exact) mass is 248 g/mol. The van der Waals surface area contributed by atoms with Gasteiger partial charge in [0.05, 0.1) is 0 Å². The van der Waals surface area contributed by atoms with E-state index in [0.29, 0.717) is 13.0 Å². The highest BCUT2D eigenvalue weighted by Gasteiger charge is 2.47. The fourth-order valence-corrected chi connectivity index (χ4v) is 2.60. The Kier molecular flexibility index (Phi) is 3.30. The van der Waals surface area contributed by atoms with E-state index in [9.17, 15) is 9.90 Å². The van der Waals surface area contributed by atoms with Crippen molar-refractivity contribution in [1.82, 2.24) is 4.90 Å². The molecule has 2 rings (SSSR count). The van der Waals surface area contributed by atoms with Gasteiger partial charge in [-0.3, -0.25) is 0 Å². The van der Waals surface area contributed by atoms with Gasteiger partial charge in [-0.25, -0.2) is 4.79 Å². The van der Waals surface area contributed by atoms with Crippen LogP contribution in [0.2, 0.25) is 0 Å². The summed E-state index contributed by atoms with van der Waals surface area (Å²) < 4.78 is 0. The van der Waals surface area contributed by atoms with Gasteiger partial charge in [-0.15, -0.1) is 0 Å². The average Bonchev–Trinajstić information content (AvgIpc) is 2.55. The summed E-state index contributed by atoms with van der Waals surface area (Å²) in [5, 5.41) is 12.8. The molecule has 1 aliphatic heterocycles. The first-order valence-corrected chi connectivity index (χ1v) is 6.21. The summed E-state index contributed by atoms with van der Waals surface area (Å²) in [5.41, 5.74) is 1.13. The molecule has 1 fully saturated rings. The highest BCUT2D eigenvalue weighted by molar-refractivity contribution is 5.84. The summed E-state index contributed by atoms with van der Waals surface area (Å²) in [6.45, 7) is 4.59. The predicted molar refractivity (Wildman–Crippen MR) is 71.9 cm³/mol. The van der Waals surface area contributed by atoms with E-state index in [4.69, 9.17) is 0 Å². The molecular formula is C14H20N2O2. The lowest BCUT2D eigenvalue weighted by Gasteiger charge is -2.27. The van der Waals surface area contributed by atoms with Gasteiger partial charge in [0.1, 0.15) is 5.54 Å². The van der Waals surface area contributed by atoms with Gasteiger partial charge in [0.25, 0.3) is 0 Å². The zero-order valence-electron chi connectivity index (χ0n) is 11.1. The molecule has 1 saturated heterocycles. The maximum atomic E-state index is 11.6. The molecule has 0 aromatic heterocycles. The van der Waals surface area contributed by atoms with Gasteiger partial charge in [0.15, 0.2) is 0 Å². The normalized spacial score (nSPS) is 28.3. The topological polar surface area (TPSA) is 52.6 Å². The molecule has 1 aromatic carbocycles. The molecule has 0 bridgehead atoms. The van der Waals surface area contributed by atoms with Crippen molar-refractivity contribution in [3.05, 3.63) is 29.8 Å². The smallest absolute Gasteiger partial charge is 0.330 e. The number of nitrogens with one attached hydrogen (secondary N) is 1. The number of nitrogens with zero attached hydrogens (tertiary/aromatic N) is 1. The molecule has 2 atom stereocenters. The Hall–Kier alpha value is -1.55. The number of anilines is 1. The van der Waals surface area contributed by atoms with Crippen LogP contribution in [0.25, 0.3) is 0 Å². The molecule has 1 aromatic rings. The van der Waals surface area contributed by atoms with Crippen LogP contribution in [0, 0.1) is 6.92 Å². The second-order valence-electron chi connectivity index (χ2n) is 5.35. The molecule has 1 aliphatic rings. The minimum atomic E-state index is -0.873. The van der Waals surface area contributed by atoms with E-state index in [1.807, 2.05) is 38.2 Å². The molecule has 0 radical (unpaired) electrons. The van der Waals surface area contributed by atoms with Gasteiger partial charge in [-0.1, -0.05) is 12.1 Å². The van der Waals surface area contributed by atoms with Gasteiger partial charge in [-0.2, -0.15) is 0 Å². The maximum absolute atomic E-state index is 11.6. The Morgan fingerprint density at radius 3 is 2.78 bits per heavy atom. The van der Waals surface area contributed by atoms with Crippen molar-refractivity contribution in [2.45, 2.75) is 31.8 Å². The minimum Gasteiger partial charge on any atom is -0.479 e. The number of likely N-dealkylation sites (N-methyl/N-ethyl adjacent to an activating group) is 1. The lowest BCUT2D eigenvalue weighted by molar-refractivity contribution is -0.141. The van der Waals surface area contributed by atoms with Crippen LogP contribution in [0.3, 0.4) is 0 Å². The third kappa shape index (κ3) is 2.34. The SMILES string of the molecule is Cc1cccc(NC2(C(=O)O)CC(C)N(C)C2)c1. The number of hydrogen-bond acceptors (Lipinski definition) is 3. The fourth-order valence-electron chi connectivity index (χ4n) is 2.60. The fraction of sp³-hybridized carbons (Fsp3) is 0.500. The maximum Gasteiger partial charge on any atom is 0.330 e.